The quantitative estimate of drug-likeness (QED) is 0.683. The first kappa shape index (κ1) is 7.72. The van der Waals surface area contributed by atoms with Gasteiger partial charge in [0.05, 0.1) is 5.69 Å². The normalized spacial score (nSPS) is 10.2. The van der Waals surface area contributed by atoms with Crippen molar-refractivity contribution in [2.75, 3.05) is 5.73 Å². The molecule has 0 unspecified atom stereocenters. The molecule has 13 heavy (non-hydrogen) atoms. The van der Waals surface area contributed by atoms with Crippen molar-refractivity contribution in [3.05, 3.63) is 24.8 Å². The summed E-state index contributed by atoms with van der Waals surface area (Å²) in [5.74, 6) is 0.641. The average Bonchev–Trinajstić information content (AvgIpc) is 2.52. The maximum atomic E-state index is 5.58. The van der Waals surface area contributed by atoms with Crippen LogP contribution < -0.4 is 5.73 Å². The first-order valence-electron chi connectivity index (χ1n) is 3.82. The summed E-state index contributed by atoms with van der Waals surface area (Å²) in [4.78, 5) is 8.04. The Bertz CT molecular complexity index is 420. The number of anilines is 1. The van der Waals surface area contributed by atoms with Crippen molar-refractivity contribution in [3.63, 3.8) is 0 Å². The van der Waals surface area contributed by atoms with Crippen LogP contribution in [0.5, 0.6) is 0 Å². The number of pyridine rings is 1. The van der Waals surface area contributed by atoms with Crippen LogP contribution in [0.2, 0.25) is 0 Å². The van der Waals surface area contributed by atoms with E-state index in [1.54, 1.807) is 29.5 Å². The van der Waals surface area contributed by atoms with Gasteiger partial charge in [0, 0.05) is 25.0 Å². The Morgan fingerprint density at radius 3 is 2.85 bits per heavy atom. The Kier molecular flexibility index (Phi) is 1.70. The molecular formula is C8H9N5. The lowest BCUT2D eigenvalue weighted by Crippen LogP contribution is -1.90. The average molecular weight is 175 g/mol. The third-order valence-corrected chi connectivity index (χ3v) is 1.62. The van der Waals surface area contributed by atoms with Crippen molar-refractivity contribution in [2.45, 2.75) is 0 Å². The highest BCUT2D eigenvalue weighted by Gasteiger charge is 2.02. The van der Waals surface area contributed by atoms with E-state index in [-0.39, 0.29) is 0 Å². The van der Waals surface area contributed by atoms with Crippen molar-refractivity contribution in [2.24, 2.45) is 7.05 Å². The molecular weight excluding hydrogens is 166 g/mol. The van der Waals surface area contributed by atoms with Crippen LogP contribution in [0, 0.1) is 0 Å². The highest BCUT2D eigenvalue weighted by atomic mass is 15.3. The molecule has 0 aliphatic carbocycles. The summed E-state index contributed by atoms with van der Waals surface area (Å²) >= 11 is 0. The summed E-state index contributed by atoms with van der Waals surface area (Å²) in [6.45, 7) is 0. The van der Waals surface area contributed by atoms with Gasteiger partial charge in [-0.05, 0) is 6.07 Å². The number of nitrogens with two attached hydrogens (primary N) is 1. The van der Waals surface area contributed by atoms with Crippen LogP contribution in [-0.2, 0) is 7.05 Å². The predicted molar refractivity (Wildman–Crippen MR) is 48.6 cm³/mol. The topological polar surface area (TPSA) is 69.6 Å². The van der Waals surface area contributed by atoms with Gasteiger partial charge in [-0.1, -0.05) is 0 Å². The molecule has 2 rings (SSSR count). The Balaban J connectivity index is 2.46. The van der Waals surface area contributed by atoms with Crippen molar-refractivity contribution < 1.29 is 0 Å². The number of nitrogens with zero attached hydrogens (tertiary/aromatic N) is 4. The lowest BCUT2D eigenvalue weighted by atomic mass is 10.2. The standard InChI is InChI=1S/C8H9N5/c1-13-5-11-8(12-13)6-2-7(9)4-10-3-6/h2-5H,9H2,1H3. The minimum Gasteiger partial charge on any atom is -0.397 e. The maximum Gasteiger partial charge on any atom is 0.182 e. The van der Waals surface area contributed by atoms with Crippen LogP contribution in [0.25, 0.3) is 11.4 Å². The molecule has 0 spiro atoms. The SMILES string of the molecule is Cn1cnc(-c2cncc(N)c2)n1. The number of aromatic nitrogens is 4. The van der Waals surface area contributed by atoms with E-state index >= 15 is 0 Å². The van der Waals surface area contributed by atoms with Gasteiger partial charge in [-0.2, -0.15) is 5.10 Å². The van der Waals surface area contributed by atoms with Crippen LogP contribution >= 0.6 is 0 Å². The van der Waals surface area contributed by atoms with Crippen molar-refractivity contribution in [1.82, 2.24) is 19.7 Å². The molecule has 0 aliphatic heterocycles. The van der Waals surface area contributed by atoms with Gasteiger partial charge in [-0.3, -0.25) is 9.67 Å². The molecule has 66 valence electrons. The molecule has 0 aliphatic rings. The fraction of sp³-hybridized carbons (Fsp3) is 0.125. The Hall–Kier alpha value is -1.91. The summed E-state index contributed by atoms with van der Waals surface area (Å²) in [7, 11) is 1.82. The number of hydrogen-bond donors (Lipinski definition) is 1. The van der Waals surface area contributed by atoms with Crippen molar-refractivity contribution in [3.8, 4) is 11.4 Å². The van der Waals surface area contributed by atoms with Gasteiger partial charge in [0.25, 0.3) is 0 Å². The molecule has 5 heteroatoms. The molecule has 0 saturated carbocycles. The monoisotopic (exact) mass is 175 g/mol. The minimum absolute atomic E-state index is 0.616. The number of hydrogen-bond acceptors (Lipinski definition) is 4. The lowest BCUT2D eigenvalue weighted by molar-refractivity contribution is 0.768. The van der Waals surface area contributed by atoms with Gasteiger partial charge < -0.3 is 5.73 Å². The molecule has 0 radical (unpaired) electrons. The largest absolute Gasteiger partial charge is 0.397 e. The van der Waals surface area contributed by atoms with Crippen molar-refractivity contribution in [1.29, 1.82) is 0 Å². The van der Waals surface area contributed by atoms with Crippen LogP contribution in [0.15, 0.2) is 24.8 Å². The maximum absolute atomic E-state index is 5.58. The second-order valence-corrected chi connectivity index (χ2v) is 2.75. The van der Waals surface area contributed by atoms with E-state index in [0.717, 1.165) is 5.56 Å². The zero-order chi connectivity index (χ0) is 9.26. The lowest BCUT2D eigenvalue weighted by Gasteiger charge is -1.95. The zero-order valence-electron chi connectivity index (χ0n) is 7.18. The van der Waals surface area contributed by atoms with Gasteiger partial charge in [0.2, 0.25) is 0 Å². The Labute approximate surface area is 75.2 Å². The number of nitrogen functional groups attached to an aromatic ring is 1. The second kappa shape index (κ2) is 2.85. The van der Waals surface area contributed by atoms with E-state index in [1.165, 1.54) is 0 Å². The smallest absolute Gasteiger partial charge is 0.182 e. The molecule has 2 aromatic heterocycles. The molecule has 5 nitrogen and oxygen atoms in total. The van der Waals surface area contributed by atoms with E-state index in [2.05, 4.69) is 15.1 Å². The Morgan fingerprint density at radius 1 is 1.38 bits per heavy atom. The third kappa shape index (κ3) is 1.48. The minimum atomic E-state index is 0.616. The molecule has 0 saturated heterocycles. The third-order valence-electron chi connectivity index (χ3n) is 1.62. The summed E-state index contributed by atoms with van der Waals surface area (Å²) < 4.78 is 1.64. The summed E-state index contributed by atoms with van der Waals surface area (Å²) in [5.41, 5.74) is 7.03. The molecule has 0 bridgehead atoms. The zero-order valence-corrected chi connectivity index (χ0v) is 7.18. The van der Waals surface area contributed by atoms with E-state index in [4.69, 9.17) is 5.73 Å². The summed E-state index contributed by atoms with van der Waals surface area (Å²) in [6.07, 6.45) is 4.91. The van der Waals surface area contributed by atoms with E-state index in [9.17, 15) is 0 Å². The van der Waals surface area contributed by atoms with Gasteiger partial charge in [0.15, 0.2) is 5.82 Å². The molecule has 2 heterocycles. The van der Waals surface area contributed by atoms with Crippen LogP contribution in [-0.4, -0.2) is 19.7 Å². The summed E-state index contributed by atoms with van der Waals surface area (Å²) in [5, 5.41) is 4.13. The van der Waals surface area contributed by atoms with E-state index < -0.39 is 0 Å². The highest BCUT2D eigenvalue weighted by Crippen LogP contribution is 2.14. The highest BCUT2D eigenvalue weighted by molar-refractivity contribution is 5.58. The molecule has 2 N–H and O–H groups in total. The fourth-order valence-electron chi connectivity index (χ4n) is 1.05. The molecule has 0 amide bonds. The van der Waals surface area contributed by atoms with Gasteiger partial charge in [-0.15, -0.1) is 0 Å². The summed E-state index contributed by atoms with van der Waals surface area (Å²) in [6, 6.07) is 1.79. The van der Waals surface area contributed by atoms with E-state index in [1.807, 2.05) is 7.05 Å². The van der Waals surface area contributed by atoms with Crippen LogP contribution in [0.4, 0.5) is 5.69 Å². The van der Waals surface area contributed by atoms with Crippen LogP contribution in [0.1, 0.15) is 0 Å². The second-order valence-electron chi connectivity index (χ2n) is 2.75. The first-order valence-corrected chi connectivity index (χ1v) is 3.82. The van der Waals surface area contributed by atoms with E-state index in [0.29, 0.717) is 11.5 Å². The fourth-order valence-corrected chi connectivity index (χ4v) is 1.05. The molecule has 2 aromatic rings. The van der Waals surface area contributed by atoms with Crippen molar-refractivity contribution >= 4 is 5.69 Å². The first-order chi connectivity index (χ1) is 6.25. The van der Waals surface area contributed by atoms with Gasteiger partial charge in [-0.25, -0.2) is 4.98 Å². The van der Waals surface area contributed by atoms with Gasteiger partial charge >= 0.3 is 0 Å². The number of aryl methyl sites for hydroxylation is 1. The predicted octanol–water partition coefficient (Wildman–Crippen LogP) is 0.459. The molecule has 0 aromatic carbocycles. The molecule has 0 atom stereocenters. The van der Waals surface area contributed by atoms with Gasteiger partial charge in [0.1, 0.15) is 6.33 Å². The Morgan fingerprint density at radius 2 is 2.23 bits per heavy atom. The number of rotatable bonds is 1. The van der Waals surface area contributed by atoms with Crippen LogP contribution in [0.3, 0.4) is 0 Å². The molecule has 0 fully saturated rings.